The van der Waals surface area contributed by atoms with Gasteiger partial charge in [0.2, 0.25) is 0 Å². The van der Waals surface area contributed by atoms with E-state index in [0.29, 0.717) is 20.1 Å². The van der Waals surface area contributed by atoms with Crippen LogP contribution in [0.1, 0.15) is 5.82 Å². The Balaban J connectivity index is 2.98. The second kappa shape index (κ2) is 2.63. The topological polar surface area (TPSA) is 58.6 Å². The molecule has 0 aliphatic rings. The maximum absolute atomic E-state index is 11.3. The third kappa shape index (κ3) is 1.16. The Hall–Kier alpha value is -0.750. The van der Waals surface area contributed by atoms with E-state index in [2.05, 4.69) is 30.9 Å². The normalized spacial score (nSPS) is 10.8. The third-order valence-electron chi connectivity index (χ3n) is 1.36. The average Bonchev–Trinajstić information content (AvgIpc) is 2.29. The van der Waals surface area contributed by atoms with Gasteiger partial charge in [-0.2, -0.15) is 0 Å². The first kappa shape index (κ1) is 7.88. The molecule has 62 valence electrons. The predicted molar refractivity (Wildman–Crippen MR) is 50.5 cm³/mol. The molecule has 1 N–H and O–H groups in total. The Morgan fingerprint density at radius 1 is 1.50 bits per heavy atom. The largest absolute Gasteiger partial charge is 0.309 e. The molecule has 0 unspecified atom stereocenters. The lowest BCUT2D eigenvalue weighted by atomic mass is 10.5. The summed E-state index contributed by atoms with van der Waals surface area (Å²) in [7, 11) is 0. The van der Waals surface area contributed by atoms with Gasteiger partial charge in [-0.25, -0.2) is 9.97 Å². The molecule has 2 aromatic rings. The number of aryl methyl sites for hydroxylation is 1. The van der Waals surface area contributed by atoms with Crippen LogP contribution >= 0.6 is 27.3 Å². The molecule has 0 saturated heterocycles. The number of H-pyrrole nitrogens is 1. The number of hydrogen-bond donors (Lipinski definition) is 1. The third-order valence-corrected chi connectivity index (χ3v) is 2.85. The highest BCUT2D eigenvalue weighted by Crippen LogP contribution is 2.21. The van der Waals surface area contributed by atoms with Crippen molar-refractivity contribution in [2.24, 2.45) is 0 Å². The molecule has 0 spiro atoms. The Morgan fingerprint density at radius 2 is 2.25 bits per heavy atom. The number of thiazole rings is 1. The summed E-state index contributed by atoms with van der Waals surface area (Å²) >= 11 is 4.48. The van der Waals surface area contributed by atoms with Gasteiger partial charge in [0.25, 0.3) is 5.56 Å². The van der Waals surface area contributed by atoms with E-state index < -0.39 is 0 Å². The number of nitrogens with zero attached hydrogens (tertiary/aromatic N) is 2. The smallest absolute Gasteiger partial charge is 0.270 e. The van der Waals surface area contributed by atoms with Crippen LogP contribution in [-0.2, 0) is 0 Å². The lowest BCUT2D eigenvalue weighted by Crippen LogP contribution is -2.07. The number of rotatable bonds is 0. The Bertz CT molecular complexity index is 489. The standard InChI is InChI=1S/C6H4BrN3OS/c1-2-8-4-3(5(11)9-2)12-6(7)10-4/h1H3,(H,8,9,11). The molecule has 0 saturated carbocycles. The summed E-state index contributed by atoms with van der Waals surface area (Å²) in [5.74, 6) is 0.588. The highest BCUT2D eigenvalue weighted by molar-refractivity contribution is 9.11. The summed E-state index contributed by atoms with van der Waals surface area (Å²) in [6, 6.07) is 0. The van der Waals surface area contributed by atoms with Gasteiger partial charge in [-0.3, -0.25) is 4.79 Å². The monoisotopic (exact) mass is 245 g/mol. The quantitative estimate of drug-likeness (QED) is 0.765. The fourth-order valence-electron chi connectivity index (χ4n) is 0.918. The van der Waals surface area contributed by atoms with Crippen molar-refractivity contribution in [1.82, 2.24) is 15.0 Å². The molecule has 2 heterocycles. The van der Waals surface area contributed by atoms with E-state index in [9.17, 15) is 4.79 Å². The Labute approximate surface area is 79.8 Å². The van der Waals surface area contributed by atoms with Crippen LogP contribution in [0.15, 0.2) is 8.71 Å². The molecule has 0 fully saturated rings. The molecule has 4 nitrogen and oxygen atoms in total. The van der Waals surface area contributed by atoms with E-state index >= 15 is 0 Å². The average molecular weight is 246 g/mol. The Kier molecular flexibility index (Phi) is 1.73. The molecular weight excluding hydrogens is 242 g/mol. The maximum atomic E-state index is 11.3. The predicted octanol–water partition coefficient (Wildman–Crippen LogP) is 1.45. The number of fused-ring (bicyclic) bond motifs is 1. The molecule has 0 aliphatic carbocycles. The van der Waals surface area contributed by atoms with Crippen LogP contribution in [0.4, 0.5) is 0 Å². The lowest BCUT2D eigenvalue weighted by molar-refractivity contribution is 1.05. The van der Waals surface area contributed by atoms with Gasteiger partial charge < -0.3 is 4.98 Å². The first-order chi connectivity index (χ1) is 5.66. The van der Waals surface area contributed by atoms with Gasteiger partial charge in [0.15, 0.2) is 9.56 Å². The minimum absolute atomic E-state index is 0.124. The van der Waals surface area contributed by atoms with Gasteiger partial charge in [0.1, 0.15) is 10.5 Å². The number of halogens is 1. The molecule has 12 heavy (non-hydrogen) atoms. The van der Waals surface area contributed by atoms with Crippen molar-refractivity contribution in [2.75, 3.05) is 0 Å². The first-order valence-corrected chi connectivity index (χ1v) is 4.81. The number of nitrogens with one attached hydrogen (secondary N) is 1. The maximum Gasteiger partial charge on any atom is 0.270 e. The van der Waals surface area contributed by atoms with Gasteiger partial charge in [-0.15, -0.1) is 0 Å². The van der Waals surface area contributed by atoms with E-state index in [-0.39, 0.29) is 5.56 Å². The number of aromatic amines is 1. The molecular formula is C6H4BrN3OS. The zero-order valence-electron chi connectivity index (χ0n) is 6.09. The lowest BCUT2D eigenvalue weighted by Gasteiger charge is -1.88. The van der Waals surface area contributed by atoms with Crippen molar-refractivity contribution < 1.29 is 0 Å². The number of hydrogen-bond acceptors (Lipinski definition) is 4. The zero-order chi connectivity index (χ0) is 8.72. The van der Waals surface area contributed by atoms with Crippen LogP contribution < -0.4 is 5.56 Å². The van der Waals surface area contributed by atoms with Crippen LogP contribution in [0.3, 0.4) is 0 Å². The van der Waals surface area contributed by atoms with Crippen LogP contribution in [0.5, 0.6) is 0 Å². The van der Waals surface area contributed by atoms with Crippen molar-refractivity contribution in [3.8, 4) is 0 Å². The van der Waals surface area contributed by atoms with Gasteiger partial charge in [-0.1, -0.05) is 11.3 Å². The molecule has 0 atom stereocenters. The summed E-state index contributed by atoms with van der Waals surface area (Å²) in [4.78, 5) is 22.0. The van der Waals surface area contributed by atoms with Crippen LogP contribution in [0.2, 0.25) is 0 Å². The minimum Gasteiger partial charge on any atom is -0.309 e. The minimum atomic E-state index is -0.124. The molecule has 0 amide bonds. The van der Waals surface area contributed by atoms with Gasteiger partial charge >= 0.3 is 0 Å². The summed E-state index contributed by atoms with van der Waals surface area (Å²) in [6.07, 6.45) is 0. The molecule has 0 bridgehead atoms. The van der Waals surface area contributed by atoms with E-state index in [0.717, 1.165) is 0 Å². The second-order valence-corrected chi connectivity index (χ2v) is 4.55. The molecule has 2 aromatic heterocycles. The van der Waals surface area contributed by atoms with E-state index in [1.165, 1.54) is 11.3 Å². The number of aromatic nitrogens is 3. The fraction of sp³-hybridized carbons (Fsp3) is 0.167. The molecule has 0 aliphatic heterocycles. The Morgan fingerprint density at radius 3 is 3.00 bits per heavy atom. The highest BCUT2D eigenvalue weighted by Gasteiger charge is 2.06. The molecule has 0 radical (unpaired) electrons. The molecule has 0 aromatic carbocycles. The highest BCUT2D eigenvalue weighted by atomic mass is 79.9. The summed E-state index contributed by atoms with van der Waals surface area (Å²) in [6.45, 7) is 1.73. The first-order valence-electron chi connectivity index (χ1n) is 3.20. The van der Waals surface area contributed by atoms with E-state index in [4.69, 9.17) is 0 Å². The van der Waals surface area contributed by atoms with Crippen molar-refractivity contribution in [1.29, 1.82) is 0 Å². The van der Waals surface area contributed by atoms with Gasteiger partial charge in [-0.05, 0) is 22.9 Å². The van der Waals surface area contributed by atoms with Crippen LogP contribution in [0.25, 0.3) is 10.3 Å². The van der Waals surface area contributed by atoms with Crippen molar-refractivity contribution in [3.05, 3.63) is 20.1 Å². The van der Waals surface area contributed by atoms with Crippen LogP contribution in [-0.4, -0.2) is 15.0 Å². The summed E-state index contributed by atoms with van der Waals surface area (Å²) in [5.41, 5.74) is 0.383. The van der Waals surface area contributed by atoms with E-state index in [1.54, 1.807) is 6.92 Å². The van der Waals surface area contributed by atoms with Crippen LogP contribution in [0, 0.1) is 6.92 Å². The second-order valence-electron chi connectivity index (χ2n) is 2.27. The van der Waals surface area contributed by atoms with Crippen molar-refractivity contribution >= 4 is 37.6 Å². The van der Waals surface area contributed by atoms with Gasteiger partial charge in [0, 0.05) is 0 Å². The van der Waals surface area contributed by atoms with Crippen molar-refractivity contribution in [2.45, 2.75) is 6.92 Å². The summed E-state index contributed by atoms with van der Waals surface area (Å²) in [5, 5.41) is 0. The molecule has 6 heteroatoms. The molecule has 2 rings (SSSR count). The van der Waals surface area contributed by atoms with Gasteiger partial charge in [0.05, 0.1) is 0 Å². The fourth-order valence-corrected chi connectivity index (χ4v) is 2.20. The van der Waals surface area contributed by atoms with Crippen molar-refractivity contribution in [3.63, 3.8) is 0 Å². The SMILES string of the molecule is Cc1nc2nc(Br)sc2c(=O)[nH]1. The zero-order valence-corrected chi connectivity index (χ0v) is 8.49. The summed E-state index contributed by atoms with van der Waals surface area (Å²) < 4.78 is 1.24. The van der Waals surface area contributed by atoms with E-state index in [1.807, 2.05) is 0 Å².